The molecule has 2 heterocycles. The van der Waals surface area contributed by atoms with E-state index >= 15 is 0 Å². The van der Waals surface area contributed by atoms with E-state index in [0.29, 0.717) is 12.2 Å². The molecule has 0 bridgehead atoms. The zero-order valence-electron chi connectivity index (χ0n) is 11.1. The van der Waals surface area contributed by atoms with Crippen molar-refractivity contribution in [3.63, 3.8) is 0 Å². The molecule has 18 heavy (non-hydrogen) atoms. The fraction of sp³-hybridized carbons (Fsp3) is 0.615. The van der Waals surface area contributed by atoms with Gasteiger partial charge in [0.15, 0.2) is 0 Å². The number of likely N-dealkylation sites (N-methyl/N-ethyl adjacent to an activating group) is 1. The van der Waals surface area contributed by atoms with Crippen molar-refractivity contribution in [2.45, 2.75) is 18.4 Å². The Morgan fingerprint density at radius 3 is 2.67 bits per heavy atom. The molecule has 0 saturated carbocycles. The summed E-state index contributed by atoms with van der Waals surface area (Å²) < 4.78 is 0. The van der Waals surface area contributed by atoms with Crippen LogP contribution >= 0.6 is 0 Å². The maximum Gasteiger partial charge on any atom is 0.0807 e. The van der Waals surface area contributed by atoms with Crippen LogP contribution in [0.1, 0.15) is 12.8 Å². The minimum absolute atomic E-state index is 0.568. The van der Waals surface area contributed by atoms with Gasteiger partial charge in [0.25, 0.3) is 0 Å². The number of pyridine rings is 1. The van der Waals surface area contributed by atoms with Gasteiger partial charge in [-0.25, -0.2) is 0 Å². The molecule has 0 aromatic carbocycles. The zero-order valence-corrected chi connectivity index (χ0v) is 11.1. The Bertz CT molecular complexity index is 400. The Morgan fingerprint density at radius 1 is 1.44 bits per heavy atom. The van der Waals surface area contributed by atoms with Crippen LogP contribution in [0.15, 0.2) is 18.5 Å². The number of hydrogen-bond donors (Lipinski definition) is 2. The van der Waals surface area contributed by atoms with E-state index in [0.717, 1.165) is 31.6 Å². The third-order valence-electron chi connectivity index (χ3n) is 3.47. The molecule has 2 rings (SSSR count). The first-order valence-electron chi connectivity index (χ1n) is 6.32. The summed E-state index contributed by atoms with van der Waals surface area (Å²) in [4.78, 5) is 8.26. The number of rotatable bonds is 3. The maximum absolute atomic E-state index is 10.5. The molecule has 3 N–H and O–H groups in total. The normalized spacial score (nSPS) is 19.2. The highest BCUT2D eigenvalue weighted by atomic mass is 16.3. The van der Waals surface area contributed by atoms with E-state index < -0.39 is 5.60 Å². The Morgan fingerprint density at radius 2 is 2.11 bits per heavy atom. The van der Waals surface area contributed by atoms with E-state index in [4.69, 9.17) is 5.73 Å². The first-order chi connectivity index (χ1) is 8.50. The fourth-order valence-electron chi connectivity index (χ4n) is 2.60. The fourth-order valence-corrected chi connectivity index (χ4v) is 2.60. The zero-order chi connectivity index (χ0) is 13.2. The highest BCUT2D eigenvalue weighted by molar-refractivity contribution is 5.66. The molecule has 1 saturated heterocycles. The van der Waals surface area contributed by atoms with E-state index in [1.54, 1.807) is 12.4 Å². The summed E-state index contributed by atoms with van der Waals surface area (Å²) in [6.45, 7) is 2.38. The molecule has 1 fully saturated rings. The third-order valence-corrected chi connectivity index (χ3v) is 3.47. The van der Waals surface area contributed by atoms with Gasteiger partial charge in [0.1, 0.15) is 0 Å². The number of aromatic nitrogens is 1. The molecule has 1 aromatic rings. The molecule has 1 aliphatic rings. The molecule has 0 spiro atoms. The molecule has 0 radical (unpaired) electrons. The van der Waals surface area contributed by atoms with Crippen LogP contribution in [0.4, 0.5) is 11.4 Å². The summed E-state index contributed by atoms with van der Waals surface area (Å²) in [6.07, 6.45) is 4.97. The smallest absolute Gasteiger partial charge is 0.0807 e. The van der Waals surface area contributed by atoms with Crippen molar-refractivity contribution in [2.24, 2.45) is 0 Å². The summed E-state index contributed by atoms with van der Waals surface area (Å²) in [7, 11) is 3.98. The molecule has 0 amide bonds. The predicted molar refractivity (Wildman–Crippen MR) is 73.6 cm³/mol. The number of nitrogens with zero attached hydrogens (tertiary/aromatic N) is 3. The Labute approximate surface area is 108 Å². The summed E-state index contributed by atoms with van der Waals surface area (Å²) in [5.74, 6) is 0. The van der Waals surface area contributed by atoms with Crippen LogP contribution in [0.2, 0.25) is 0 Å². The Balaban J connectivity index is 2.01. The van der Waals surface area contributed by atoms with Crippen LogP contribution in [-0.2, 0) is 0 Å². The monoisotopic (exact) mass is 250 g/mol. The molecule has 0 atom stereocenters. The van der Waals surface area contributed by atoms with Crippen molar-refractivity contribution in [2.75, 3.05) is 44.4 Å². The van der Waals surface area contributed by atoms with Crippen LogP contribution < -0.4 is 10.6 Å². The molecular formula is C13H22N4O. The second-order valence-corrected chi connectivity index (χ2v) is 5.38. The lowest BCUT2D eigenvalue weighted by Gasteiger charge is -2.40. The van der Waals surface area contributed by atoms with Crippen molar-refractivity contribution < 1.29 is 5.11 Å². The molecule has 0 unspecified atom stereocenters. The van der Waals surface area contributed by atoms with Crippen LogP contribution in [0.5, 0.6) is 0 Å². The summed E-state index contributed by atoms with van der Waals surface area (Å²) in [5.41, 5.74) is 7.09. The number of nitrogen functional groups attached to an aromatic ring is 1. The highest BCUT2D eigenvalue weighted by Crippen LogP contribution is 2.29. The molecule has 100 valence electrons. The van der Waals surface area contributed by atoms with E-state index in [1.165, 1.54) is 0 Å². The third kappa shape index (κ3) is 2.91. The van der Waals surface area contributed by atoms with Crippen molar-refractivity contribution in [1.82, 2.24) is 9.88 Å². The summed E-state index contributed by atoms with van der Waals surface area (Å²) >= 11 is 0. The van der Waals surface area contributed by atoms with Crippen LogP contribution in [0.3, 0.4) is 0 Å². The number of hydrogen-bond acceptors (Lipinski definition) is 5. The Kier molecular flexibility index (Phi) is 3.73. The van der Waals surface area contributed by atoms with Crippen LogP contribution in [-0.4, -0.2) is 54.3 Å². The second-order valence-electron chi connectivity index (χ2n) is 5.38. The first kappa shape index (κ1) is 13.1. The standard InChI is InChI=1S/C13H22N4O/c1-16(2)10-13(18)4-7-17(8-5-13)12-3-6-15-9-11(12)14/h3,6,9,18H,4-5,7-8,10,14H2,1-2H3. The Hall–Kier alpha value is -1.33. The van der Waals surface area contributed by atoms with Crippen LogP contribution in [0.25, 0.3) is 0 Å². The number of aliphatic hydroxyl groups is 1. The van der Waals surface area contributed by atoms with Gasteiger partial charge in [-0.1, -0.05) is 0 Å². The van der Waals surface area contributed by atoms with Gasteiger partial charge < -0.3 is 20.6 Å². The van der Waals surface area contributed by atoms with Gasteiger partial charge in [0.05, 0.1) is 23.2 Å². The number of anilines is 2. The van der Waals surface area contributed by atoms with Crippen molar-refractivity contribution in [3.8, 4) is 0 Å². The molecular weight excluding hydrogens is 228 g/mol. The summed E-state index contributed by atoms with van der Waals surface area (Å²) in [6, 6.07) is 1.94. The van der Waals surface area contributed by atoms with Gasteiger partial charge in [-0.15, -0.1) is 0 Å². The quantitative estimate of drug-likeness (QED) is 0.820. The van der Waals surface area contributed by atoms with E-state index in [2.05, 4.69) is 9.88 Å². The van der Waals surface area contributed by atoms with Crippen molar-refractivity contribution in [3.05, 3.63) is 18.5 Å². The highest BCUT2D eigenvalue weighted by Gasteiger charge is 2.33. The lowest BCUT2D eigenvalue weighted by molar-refractivity contribution is -0.00536. The van der Waals surface area contributed by atoms with Crippen LogP contribution in [0, 0.1) is 0 Å². The van der Waals surface area contributed by atoms with Gasteiger partial charge in [-0.05, 0) is 33.0 Å². The minimum Gasteiger partial charge on any atom is -0.396 e. The first-order valence-corrected chi connectivity index (χ1v) is 6.32. The molecule has 5 heteroatoms. The molecule has 1 aromatic heterocycles. The average molecular weight is 250 g/mol. The van der Waals surface area contributed by atoms with E-state index in [-0.39, 0.29) is 0 Å². The molecule has 1 aliphatic heterocycles. The molecule has 0 aliphatic carbocycles. The van der Waals surface area contributed by atoms with Crippen molar-refractivity contribution >= 4 is 11.4 Å². The topological polar surface area (TPSA) is 65.6 Å². The maximum atomic E-state index is 10.5. The lowest BCUT2D eigenvalue weighted by atomic mass is 9.90. The van der Waals surface area contributed by atoms with Gasteiger partial charge in [-0.3, -0.25) is 4.98 Å². The van der Waals surface area contributed by atoms with Crippen molar-refractivity contribution in [1.29, 1.82) is 0 Å². The SMILES string of the molecule is CN(C)CC1(O)CCN(c2ccncc2N)CC1. The number of piperidine rings is 1. The van der Waals surface area contributed by atoms with Gasteiger partial charge in [0, 0.05) is 25.8 Å². The minimum atomic E-state index is -0.568. The van der Waals surface area contributed by atoms with Gasteiger partial charge in [0.2, 0.25) is 0 Å². The van der Waals surface area contributed by atoms with E-state index in [9.17, 15) is 5.11 Å². The largest absolute Gasteiger partial charge is 0.396 e. The van der Waals surface area contributed by atoms with Gasteiger partial charge in [-0.2, -0.15) is 0 Å². The van der Waals surface area contributed by atoms with Gasteiger partial charge >= 0.3 is 0 Å². The summed E-state index contributed by atoms with van der Waals surface area (Å²) in [5, 5.41) is 10.5. The lowest BCUT2D eigenvalue weighted by Crippen LogP contribution is -2.49. The molecule has 5 nitrogen and oxygen atoms in total. The second kappa shape index (κ2) is 5.12. The predicted octanol–water partition coefficient (Wildman–Crippen LogP) is 0.557. The van der Waals surface area contributed by atoms with E-state index in [1.807, 2.05) is 25.1 Å². The number of nitrogens with two attached hydrogens (primary N) is 1. The average Bonchev–Trinajstić information content (AvgIpc) is 2.30.